The van der Waals surface area contributed by atoms with Gasteiger partial charge in [-0.15, -0.1) is 0 Å². The van der Waals surface area contributed by atoms with Crippen molar-refractivity contribution in [1.82, 2.24) is 4.90 Å². The summed E-state index contributed by atoms with van der Waals surface area (Å²) in [5.41, 5.74) is 6.55. The Kier molecular flexibility index (Phi) is 5.73. The number of carbonyl (C=O) groups excluding carboxylic acids is 1. The normalized spacial score (nSPS) is 14.5. The van der Waals surface area contributed by atoms with Crippen molar-refractivity contribution in [2.24, 2.45) is 0 Å². The van der Waals surface area contributed by atoms with Crippen molar-refractivity contribution in [3.8, 4) is 0 Å². The fourth-order valence-electron chi connectivity index (χ4n) is 2.40. The van der Waals surface area contributed by atoms with Gasteiger partial charge in [-0.05, 0) is 44.5 Å². The molecule has 0 bridgehead atoms. The van der Waals surface area contributed by atoms with Gasteiger partial charge in [-0.2, -0.15) is 0 Å². The zero-order valence-corrected chi connectivity index (χ0v) is 13.7. The lowest BCUT2D eigenvalue weighted by Gasteiger charge is -2.19. The third-order valence-electron chi connectivity index (χ3n) is 3.65. The van der Waals surface area contributed by atoms with Crippen LogP contribution in [-0.2, 0) is 4.79 Å². The largest absolute Gasteiger partial charge is 0.399 e. The third-order valence-corrected chi connectivity index (χ3v) is 4.24. The zero-order valence-electron chi connectivity index (χ0n) is 12.2. The molecule has 116 valence electrons. The Labute approximate surface area is 135 Å². The molecule has 1 aliphatic rings. The number of nitrogen functional groups attached to an aromatic ring is 1. The Bertz CT molecular complexity index is 495. The SMILES string of the molecule is CCN(CCCC(=O)Nc1c(Cl)cc(N)cc1Cl)C1CC1. The number of nitrogens with zero attached hydrogens (tertiary/aromatic N) is 1. The van der Waals surface area contributed by atoms with Crippen molar-refractivity contribution in [1.29, 1.82) is 0 Å². The average Bonchev–Trinajstić information content (AvgIpc) is 3.23. The number of hydrogen-bond acceptors (Lipinski definition) is 3. The molecule has 4 nitrogen and oxygen atoms in total. The van der Waals surface area contributed by atoms with Crippen molar-refractivity contribution in [2.75, 3.05) is 24.1 Å². The van der Waals surface area contributed by atoms with Gasteiger partial charge in [0.1, 0.15) is 0 Å². The molecule has 0 atom stereocenters. The van der Waals surface area contributed by atoms with Gasteiger partial charge < -0.3 is 16.0 Å². The Morgan fingerprint density at radius 3 is 2.52 bits per heavy atom. The molecule has 3 N–H and O–H groups in total. The second kappa shape index (κ2) is 7.34. The molecule has 1 amide bonds. The van der Waals surface area contributed by atoms with Crippen LogP contribution in [0.25, 0.3) is 0 Å². The first-order chi connectivity index (χ1) is 10.0. The first-order valence-electron chi connectivity index (χ1n) is 7.29. The van der Waals surface area contributed by atoms with Gasteiger partial charge in [0.25, 0.3) is 0 Å². The van der Waals surface area contributed by atoms with E-state index in [0.29, 0.717) is 27.8 Å². The number of carbonyl (C=O) groups is 1. The van der Waals surface area contributed by atoms with Crippen LogP contribution >= 0.6 is 23.2 Å². The molecule has 0 heterocycles. The van der Waals surface area contributed by atoms with Gasteiger partial charge in [0, 0.05) is 18.2 Å². The number of hydrogen-bond donors (Lipinski definition) is 2. The van der Waals surface area contributed by atoms with Crippen LogP contribution in [-0.4, -0.2) is 29.9 Å². The molecule has 6 heteroatoms. The topological polar surface area (TPSA) is 58.4 Å². The van der Waals surface area contributed by atoms with Crippen LogP contribution in [0.3, 0.4) is 0 Å². The third kappa shape index (κ3) is 4.77. The van der Waals surface area contributed by atoms with Gasteiger partial charge in [-0.1, -0.05) is 30.1 Å². The second-order valence-corrected chi connectivity index (χ2v) is 6.19. The highest BCUT2D eigenvalue weighted by atomic mass is 35.5. The Balaban J connectivity index is 1.82. The first-order valence-corrected chi connectivity index (χ1v) is 8.05. The van der Waals surface area contributed by atoms with Gasteiger partial charge in [0.15, 0.2) is 0 Å². The quantitative estimate of drug-likeness (QED) is 0.748. The lowest BCUT2D eigenvalue weighted by Crippen LogP contribution is -2.27. The molecular formula is C15H21Cl2N3O. The smallest absolute Gasteiger partial charge is 0.224 e. The fraction of sp³-hybridized carbons (Fsp3) is 0.533. The molecular weight excluding hydrogens is 309 g/mol. The van der Waals surface area contributed by atoms with Gasteiger partial charge in [0.2, 0.25) is 5.91 Å². The van der Waals surface area contributed by atoms with E-state index in [1.165, 1.54) is 12.8 Å². The van der Waals surface area contributed by atoms with Crippen molar-refractivity contribution >= 4 is 40.5 Å². The monoisotopic (exact) mass is 329 g/mol. The molecule has 0 spiro atoms. The van der Waals surface area contributed by atoms with E-state index in [9.17, 15) is 4.79 Å². The average molecular weight is 330 g/mol. The predicted molar refractivity (Wildman–Crippen MR) is 89.0 cm³/mol. The van der Waals surface area contributed by atoms with Crippen molar-refractivity contribution < 1.29 is 4.79 Å². The molecule has 2 rings (SSSR count). The van der Waals surface area contributed by atoms with Crippen LogP contribution in [0.2, 0.25) is 10.0 Å². The van der Waals surface area contributed by atoms with E-state index in [1.807, 2.05) is 0 Å². The molecule has 0 aromatic heterocycles. The summed E-state index contributed by atoms with van der Waals surface area (Å²) < 4.78 is 0. The predicted octanol–water partition coefficient (Wildman–Crippen LogP) is 3.78. The van der Waals surface area contributed by atoms with Crippen LogP contribution in [0.15, 0.2) is 12.1 Å². The number of halogens is 2. The minimum Gasteiger partial charge on any atom is -0.399 e. The second-order valence-electron chi connectivity index (χ2n) is 5.37. The number of rotatable bonds is 7. The van der Waals surface area contributed by atoms with Gasteiger partial charge in [-0.3, -0.25) is 4.79 Å². The summed E-state index contributed by atoms with van der Waals surface area (Å²) in [7, 11) is 0. The zero-order chi connectivity index (χ0) is 15.4. The van der Waals surface area contributed by atoms with E-state index in [2.05, 4.69) is 17.1 Å². The Morgan fingerprint density at radius 1 is 1.38 bits per heavy atom. The van der Waals surface area contributed by atoms with Crippen LogP contribution < -0.4 is 11.1 Å². The summed E-state index contributed by atoms with van der Waals surface area (Å²) in [6.45, 7) is 4.16. The fourth-order valence-corrected chi connectivity index (χ4v) is 2.99. The maximum Gasteiger partial charge on any atom is 0.224 e. The summed E-state index contributed by atoms with van der Waals surface area (Å²) >= 11 is 12.1. The highest BCUT2D eigenvalue weighted by molar-refractivity contribution is 6.40. The lowest BCUT2D eigenvalue weighted by molar-refractivity contribution is -0.116. The molecule has 1 fully saturated rings. The maximum atomic E-state index is 12.0. The summed E-state index contributed by atoms with van der Waals surface area (Å²) in [5.74, 6) is -0.0737. The van der Waals surface area contributed by atoms with E-state index >= 15 is 0 Å². The summed E-state index contributed by atoms with van der Waals surface area (Å²) in [5, 5.41) is 3.49. The van der Waals surface area contributed by atoms with E-state index in [4.69, 9.17) is 28.9 Å². The number of nitrogens with two attached hydrogens (primary N) is 1. The van der Waals surface area contributed by atoms with E-state index in [1.54, 1.807) is 12.1 Å². The molecule has 1 aromatic carbocycles. The van der Waals surface area contributed by atoms with E-state index in [0.717, 1.165) is 25.6 Å². The van der Waals surface area contributed by atoms with Gasteiger partial charge >= 0.3 is 0 Å². The number of amides is 1. The molecule has 0 radical (unpaired) electrons. The lowest BCUT2D eigenvalue weighted by atomic mass is 10.2. The van der Waals surface area contributed by atoms with Gasteiger partial charge in [0.05, 0.1) is 15.7 Å². The Morgan fingerprint density at radius 2 is 2.00 bits per heavy atom. The van der Waals surface area contributed by atoms with E-state index in [-0.39, 0.29) is 5.91 Å². The standard InChI is InChI=1S/C15H21Cl2N3O/c1-2-20(11-5-6-11)7-3-4-14(21)19-15-12(16)8-10(18)9-13(15)17/h8-9,11H,2-7,18H2,1H3,(H,19,21). The van der Waals surface area contributed by atoms with Crippen LogP contribution in [0.4, 0.5) is 11.4 Å². The number of anilines is 2. The molecule has 1 saturated carbocycles. The number of benzene rings is 1. The summed E-state index contributed by atoms with van der Waals surface area (Å²) in [6, 6.07) is 3.89. The van der Waals surface area contributed by atoms with Gasteiger partial charge in [-0.25, -0.2) is 0 Å². The molecule has 0 aliphatic heterocycles. The molecule has 21 heavy (non-hydrogen) atoms. The first kappa shape index (κ1) is 16.4. The minimum atomic E-state index is -0.0737. The summed E-state index contributed by atoms with van der Waals surface area (Å²) in [4.78, 5) is 14.4. The van der Waals surface area contributed by atoms with Crippen LogP contribution in [0.5, 0.6) is 0 Å². The molecule has 0 saturated heterocycles. The van der Waals surface area contributed by atoms with Crippen LogP contribution in [0, 0.1) is 0 Å². The highest BCUT2D eigenvalue weighted by Crippen LogP contribution is 2.33. The number of nitrogens with one attached hydrogen (secondary N) is 1. The molecule has 1 aromatic rings. The highest BCUT2D eigenvalue weighted by Gasteiger charge is 2.27. The van der Waals surface area contributed by atoms with Crippen molar-refractivity contribution in [2.45, 2.75) is 38.6 Å². The molecule has 0 unspecified atom stereocenters. The van der Waals surface area contributed by atoms with Crippen LogP contribution in [0.1, 0.15) is 32.6 Å². The van der Waals surface area contributed by atoms with Crippen molar-refractivity contribution in [3.05, 3.63) is 22.2 Å². The van der Waals surface area contributed by atoms with E-state index < -0.39 is 0 Å². The van der Waals surface area contributed by atoms with Crippen molar-refractivity contribution in [3.63, 3.8) is 0 Å². The summed E-state index contributed by atoms with van der Waals surface area (Å²) in [6.07, 6.45) is 3.87. The molecule has 1 aliphatic carbocycles. The maximum absolute atomic E-state index is 12.0. The minimum absolute atomic E-state index is 0.0737. The Hall–Kier alpha value is -0.970.